The lowest BCUT2D eigenvalue weighted by molar-refractivity contribution is -0.231. The van der Waals surface area contributed by atoms with E-state index < -0.39 is 54.1 Å². The van der Waals surface area contributed by atoms with Crippen molar-refractivity contribution in [2.75, 3.05) is 13.7 Å². The quantitative estimate of drug-likeness (QED) is 0.278. The molecule has 4 rings (SSSR count). The van der Waals surface area contributed by atoms with Crippen molar-refractivity contribution in [1.82, 2.24) is 0 Å². The first-order valence-electron chi connectivity index (χ1n) is 9.88. The zero-order valence-corrected chi connectivity index (χ0v) is 17.2. The van der Waals surface area contributed by atoms with Crippen LogP contribution in [0.5, 0.6) is 23.0 Å². The molecule has 5 atom stereocenters. The summed E-state index contributed by atoms with van der Waals surface area (Å²) in [6, 6.07) is 6.14. The van der Waals surface area contributed by atoms with Gasteiger partial charge in [-0.2, -0.15) is 0 Å². The lowest BCUT2D eigenvalue weighted by Gasteiger charge is -2.40. The van der Waals surface area contributed by atoms with Crippen LogP contribution in [0.4, 0.5) is 0 Å². The Bertz CT molecular complexity index is 1250. The predicted octanol–water partition coefficient (Wildman–Crippen LogP) is 0.100. The van der Waals surface area contributed by atoms with Crippen LogP contribution >= 0.6 is 0 Å². The number of ether oxygens (including phenoxy) is 2. The van der Waals surface area contributed by atoms with Gasteiger partial charge in [-0.15, -0.1) is 0 Å². The minimum absolute atomic E-state index is 0.0544. The molecule has 7 N–H and O–H groups in total. The minimum atomic E-state index is -1.78. The normalized spacial score (nSPS) is 25.3. The molecule has 2 aromatic carbocycles. The highest BCUT2D eigenvalue weighted by molar-refractivity contribution is 5.89. The maximum Gasteiger partial charge on any atom is 0.197 e. The lowest BCUT2D eigenvalue weighted by atomic mass is 9.89. The Labute approximate surface area is 185 Å². The summed E-state index contributed by atoms with van der Waals surface area (Å²) in [7, 11) is 1.36. The van der Waals surface area contributed by atoms with Crippen molar-refractivity contribution in [3.63, 3.8) is 0 Å². The maximum atomic E-state index is 12.8. The maximum absolute atomic E-state index is 12.8. The monoisotopic (exact) mass is 462 g/mol. The molecule has 0 amide bonds. The van der Waals surface area contributed by atoms with Gasteiger partial charge in [0.1, 0.15) is 53.2 Å². The number of rotatable bonds is 4. The van der Waals surface area contributed by atoms with Crippen molar-refractivity contribution in [3.05, 3.63) is 46.1 Å². The molecule has 1 aromatic heterocycles. The van der Waals surface area contributed by atoms with Crippen molar-refractivity contribution < 1.29 is 49.6 Å². The van der Waals surface area contributed by atoms with Crippen LogP contribution in [-0.4, -0.2) is 73.9 Å². The fourth-order valence-electron chi connectivity index (χ4n) is 3.92. The third-order valence-corrected chi connectivity index (χ3v) is 5.64. The second-order valence-electron chi connectivity index (χ2n) is 7.64. The first kappa shape index (κ1) is 22.8. The summed E-state index contributed by atoms with van der Waals surface area (Å²) in [5.74, 6) is -1.33. The van der Waals surface area contributed by atoms with Crippen molar-refractivity contribution in [2.24, 2.45) is 0 Å². The molecule has 2 heterocycles. The van der Waals surface area contributed by atoms with Gasteiger partial charge in [0.25, 0.3) is 0 Å². The number of hydrogen-bond donors (Lipinski definition) is 7. The van der Waals surface area contributed by atoms with Gasteiger partial charge in [-0.1, -0.05) is 0 Å². The molecule has 176 valence electrons. The molecule has 0 bridgehead atoms. The zero-order valence-electron chi connectivity index (χ0n) is 17.2. The third-order valence-electron chi connectivity index (χ3n) is 5.64. The van der Waals surface area contributed by atoms with Crippen LogP contribution in [0.2, 0.25) is 0 Å². The minimum Gasteiger partial charge on any atom is -0.507 e. The molecule has 3 aromatic rings. The molecule has 0 saturated carbocycles. The molecule has 1 fully saturated rings. The highest BCUT2D eigenvalue weighted by atomic mass is 16.5. The SMILES string of the molecule is COc1ccc(-c2cc(=O)c3c(O)cc(O)c([C@H]4O[C@@H](CO)[C@@H](O)[C@@H](O)[C@@H]4O)c3o2)cc1O. The van der Waals surface area contributed by atoms with Crippen LogP contribution < -0.4 is 10.2 Å². The number of phenols is 3. The van der Waals surface area contributed by atoms with Crippen LogP contribution in [0, 0.1) is 0 Å². The number of hydrogen-bond acceptors (Lipinski definition) is 11. The Morgan fingerprint density at radius 3 is 2.30 bits per heavy atom. The van der Waals surface area contributed by atoms with E-state index in [1.165, 1.54) is 25.3 Å². The zero-order chi connectivity index (χ0) is 24.0. The molecule has 0 spiro atoms. The standard InChI is InChI=1S/C22H22O11/c1-31-13-3-2-8(4-9(13)24)14-6-12(27)16-10(25)5-11(26)17(21(16)32-14)22-20(30)19(29)18(28)15(7-23)33-22/h2-6,15,18-20,22-26,28-30H,7H2,1H3/t15-,18+,19+,20-,22+/m0/s1. The molecule has 11 nitrogen and oxygen atoms in total. The van der Waals surface area contributed by atoms with Crippen LogP contribution in [-0.2, 0) is 4.74 Å². The number of phenolic OH excluding ortho intramolecular Hbond substituents is 3. The van der Waals surface area contributed by atoms with Gasteiger partial charge in [-0.25, -0.2) is 0 Å². The van der Waals surface area contributed by atoms with Crippen LogP contribution in [0.15, 0.2) is 39.5 Å². The molecule has 1 aliphatic rings. The van der Waals surface area contributed by atoms with E-state index in [0.29, 0.717) is 0 Å². The predicted molar refractivity (Wildman–Crippen MR) is 112 cm³/mol. The van der Waals surface area contributed by atoms with Gasteiger partial charge < -0.3 is 49.6 Å². The summed E-state index contributed by atoms with van der Waals surface area (Å²) in [4.78, 5) is 12.8. The van der Waals surface area contributed by atoms with Crippen LogP contribution in [0.3, 0.4) is 0 Å². The van der Waals surface area contributed by atoms with E-state index in [0.717, 1.165) is 12.1 Å². The molecule has 0 aliphatic carbocycles. The van der Waals surface area contributed by atoms with E-state index in [4.69, 9.17) is 13.9 Å². The molecule has 1 saturated heterocycles. The summed E-state index contributed by atoms with van der Waals surface area (Å²) in [5.41, 5.74) is -1.08. The first-order valence-corrected chi connectivity index (χ1v) is 9.88. The average molecular weight is 462 g/mol. The largest absolute Gasteiger partial charge is 0.507 e. The summed E-state index contributed by atoms with van der Waals surface area (Å²) in [5, 5.41) is 70.8. The van der Waals surface area contributed by atoms with Gasteiger partial charge in [-0.05, 0) is 18.2 Å². The van der Waals surface area contributed by atoms with E-state index in [1.54, 1.807) is 0 Å². The van der Waals surface area contributed by atoms with E-state index in [9.17, 15) is 40.5 Å². The number of methoxy groups -OCH3 is 1. The molecule has 33 heavy (non-hydrogen) atoms. The summed E-state index contributed by atoms with van der Waals surface area (Å²) < 4.78 is 16.3. The molecule has 11 heteroatoms. The van der Waals surface area contributed by atoms with E-state index in [2.05, 4.69) is 0 Å². The Kier molecular flexibility index (Phi) is 5.91. The second kappa shape index (κ2) is 8.54. The van der Waals surface area contributed by atoms with E-state index in [1.807, 2.05) is 0 Å². The van der Waals surface area contributed by atoms with Crippen molar-refractivity contribution in [1.29, 1.82) is 0 Å². The number of aromatic hydroxyl groups is 3. The number of aliphatic hydroxyl groups excluding tert-OH is 4. The van der Waals surface area contributed by atoms with Crippen LogP contribution in [0.1, 0.15) is 11.7 Å². The molecular formula is C22H22O11. The first-order chi connectivity index (χ1) is 15.7. The lowest BCUT2D eigenvalue weighted by Crippen LogP contribution is -2.55. The number of fused-ring (bicyclic) bond motifs is 1. The van der Waals surface area contributed by atoms with Crippen molar-refractivity contribution in [3.8, 4) is 34.3 Å². The topological polar surface area (TPSA) is 190 Å². The van der Waals surface area contributed by atoms with Gasteiger partial charge in [0.05, 0.1) is 19.3 Å². The molecule has 0 unspecified atom stereocenters. The fraction of sp³-hybridized carbons (Fsp3) is 0.318. The van der Waals surface area contributed by atoms with E-state index >= 15 is 0 Å². The second-order valence-corrected chi connectivity index (χ2v) is 7.64. The fourth-order valence-corrected chi connectivity index (χ4v) is 3.92. The highest BCUT2D eigenvalue weighted by Crippen LogP contribution is 2.44. The van der Waals surface area contributed by atoms with Crippen molar-refractivity contribution >= 4 is 11.0 Å². The molecule has 0 radical (unpaired) electrons. The van der Waals surface area contributed by atoms with Gasteiger partial charge >= 0.3 is 0 Å². The van der Waals surface area contributed by atoms with Gasteiger partial charge in [0, 0.05) is 17.7 Å². The summed E-state index contributed by atoms with van der Waals surface area (Å²) in [6.45, 7) is -0.710. The van der Waals surface area contributed by atoms with Crippen LogP contribution in [0.25, 0.3) is 22.3 Å². The Morgan fingerprint density at radius 1 is 0.939 bits per heavy atom. The van der Waals surface area contributed by atoms with Gasteiger partial charge in [0.2, 0.25) is 0 Å². The molecular weight excluding hydrogens is 440 g/mol. The summed E-state index contributed by atoms with van der Waals surface area (Å²) >= 11 is 0. The summed E-state index contributed by atoms with van der Waals surface area (Å²) in [6.07, 6.45) is -7.99. The Balaban J connectivity index is 1.95. The average Bonchev–Trinajstić information content (AvgIpc) is 2.78. The Morgan fingerprint density at radius 2 is 1.67 bits per heavy atom. The van der Waals surface area contributed by atoms with Crippen molar-refractivity contribution in [2.45, 2.75) is 30.5 Å². The Hall–Kier alpha value is -3.35. The van der Waals surface area contributed by atoms with E-state index in [-0.39, 0.29) is 39.4 Å². The number of aliphatic hydroxyl groups is 4. The molecule has 1 aliphatic heterocycles. The highest BCUT2D eigenvalue weighted by Gasteiger charge is 2.46. The number of benzene rings is 2. The van der Waals surface area contributed by atoms with Gasteiger partial charge in [0.15, 0.2) is 22.5 Å². The third kappa shape index (κ3) is 3.75. The smallest absolute Gasteiger partial charge is 0.197 e. The van der Waals surface area contributed by atoms with Gasteiger partial charge in [-0.3, -0.25) is 4.79 Å².